The number of fused-ring (bicyclic) bond motifs is 1. The van der Waals surface area contributed by atoms with E-state index in [9.17, 15) is 14.4 Å². The zero-order valence-corrected chi connectivity index (χ0v) is 24.2. The van der Waals surface area contributed by atoms with Crippen molar-refractivity contribution in [1.82, 2.24) is 25.4 Å². The fraction of sp³-hybridized carbons (Fsp3) is 0.500. The number of oxime groups is 1. The smallest absolute Gasteiger partial charge is 0.280 e. The summed E-state index contributed by atoms with van der Waals surface area (Å²) in [5.41, 5.74) is 7.85. The number of nitrogens with one attached hydrogen (secondary N) is 2. The van der Waals surface area contributed by atoms with Crippen LogP contribution in [-0.4, -0.2) is 85.2 Å². The summed E-state index contributed by atoms with van der Waals surface area (Å²) in [6.07, 6.45) is 2.40. The van der Waals surface area contributed by atoms with Gasteiger partial charge in [0.15, 0.2) is 10.8 Å². The number of likely N-dealkylation sites (N-methyl/N-ethyl adjacent to an activating group) is 1. The van der Waals surface area contributed by atoms with Crippen LogP contribution in [0, 0.1) is 5.92 Å². The predicted molar refractivity (Wildman–Crippen MR) is 152 cm³/mol. The molecule has 3 atom stereocenters. The maximum atomic E-state index is 13.3. The van der Waals surface area contributed by atoms with Crippen LogP contribution in [0.25, 0.3) is 0 Å². The first-order valence-corrected chi connectivity index (χ1v) is 13.4. The lowest BCUT2D eigenvalue weighted by molar-refractivity contribution is -0.134. The molecule has 13 heteroatoms. The lowest BCUT2D eigenvalue weighted by atomic mass is 9.81. The Morgan fingerprint density at radius 3 is 2.59 bits per heavy atom. The van der Waals surface area contributed by atoms with E-state index in [2.05, 4.69) is 25.7 Å². The van der Waals surface area contributed by atoms with Crippen LogP contribution in [0.4, 0.5) is 0 Å². The summed E-state index contributed by atoms with van der Waals surface area (Å²) < 4.78 is 0. The molecule has 0 bridgehead atoms. The molecule has 1 fully saturated rings. The van der Waals surface area contributed by atoms with Gasteiger partial charge >= 0.3 is 0 Å². The van der Waals surface area contributed by atoms with Crippen molar-refractivity contribution in [3.05, 3.63) is 51.0 Å². The van der Waals surface area contributed by atoms with Gasteiger partial charge < -0.3 is 31.0 Å². The molecule has 0 saturated heterocycles. The van der Waals surface area contributed by atoms with Gasteiger partial charge in [-0.3, -0.25) is 14.4 Å². The summed E-state index contributed by atoms with van der Waals surface area (Å²) in [5.74, 6) is -0.643. The van der Waals surface area contributed by atoms with Crippen LogP contribution in [0.5, 0.6) is 0 Å². The second-order valence-electron chi connectivity index (χ2n) is 10.0. The molecule has 1 aliphatic carbocycles. The molecule has 39 heavy (non-hydrogen) atoms. The Morgan fingerprint density at radius 1 is 1.15 bits per heavy atom. The van der Waals surface area contributed by atoms with E-state index in [1.54, 1.807) is 43.3 Å². The molecule has 2 heterocycles. The number of aromatic nitrogens is 1. The monoisotopic (exact) mass is 577 g/mol. The average Bonchev–Trinajstić information content (AvgIpc) is 3.32. The molecule has 0 unspecified atom stereocenters. The summed E-state index contributed by atoms with van der Waals surface area (Å²) >= 11 is 1.41. The Hall–Kier alpha value is -3.22. The first kappa shape index (κ1) is 30.3. The largest absolute Gasteiger partial charge is 0.397 e. The Bertz CT molecular complexity index is 1230. The van der Waals surface area contributed by atoms with E-state index in [0.717, 1.165) is 30.1 Å². The third-order valence-electron chi connectivity index (χ3n) is 7.00. The van der Waals surface area contributed by atoms with Gasteiger partial charge in [0.05, 0.1) is 11.7 Å². The van der Waals surface area contributed by atoms with Crippen molar-refractivity contribution in [2.24, 2.45) is 16.8 Å². The van der Waals surface area contributed by atoms with Gasteiger partial charge in [0.1, 0.15) is 7.11 Å². The van der Waals surface area contributed by atoms with Crippen LogP contribution in [0.1, 0.15) is 55.6 Å². The summed E-state index contributed by atoms with van der Waals surface area (Å²) in [7, 11) is 6.90. The third kappa shape index (κ3) is 7.25. The Kier molecular flexibility index (Phi) is 10.3. The fourth-order valence-corrected chi connectivity index (χ4v) is 6.06. The number of nitrogens with two attached hydrogens (primary N) is 1. The van der Waals surface area contributed by atoms with Gasteiger partial charge in [0.2, 0.25) is 5.91 Å². The number of nitrogens with zero attached hydrogens (tertiary/aromatic N) is 4. The van der Waals surface area contributed by atoms with Gasteiger partial charge in [-0.1, -0.05) is 17.3 Å². The van der Waals surface area contributed by atoms with E-state index in [4.69, 9.17) is 10.6 Å². The Morgan fingerprint density at radius 2 is 1.87 bits per heavy atom. The molecule has 4 N–H and O–H groups in total. The van der Waals surface area contributed by atoms with E-state index >= 15 is 0 Å². The van der Waals surface area contributed by atoms with Crippen LogP contribution in [-0.2, 0) is 22.6 Å². The van der Waals surface area contributed by atoms with Crippen LogP contribution < -0.4 is 16.4 Å². The van der Waals surface area contributed by atoms with E-state index in [1.165, 1.54) is 18.4 Å². The summed E-state index contributed by atoms with van der Waals surface area (Å²) in [6.45, 7) is 1.69. The van der Waals surface area contributed by atoms with Crippen molar-refractivity contribution in [2.45, 2.75) is 44.3 Å². The maximum absolute atomic E-state index is 13.3. The Labute approximate surface area is 238 Å². The van der Waals surface area contributed by atoms with E-state index < -0.39 is 6.04 Å². The molecule has 1 saturated carbocycles. The highest BCUT2D eigenvalue weighted by Crippen LogP contribution is 2.28. The first-order chi connectivity index (χ1) is 18.2. The average molecular weight is 578 g/mol. The molecule has 2 aliphatic rings. The number of amidine groups is 1. The highest BCUT2D eigenvalue weighted by Gasteiger charge is 2.37. The lowest BCUT2D eigenvalue weighted by Gasteiger charge is -2.37. The number of thiazole rings is 1. The van der Waals surface area contributed by atoms with Crippen molar-refractivity contribution in [3.63, 3.8) is 0 Å². The van der Waals surface area contributed by atoms with Crippen LogP contribution in [0.2, 0.25) is 0 Å². The molecular weight excluding hydrogens is 542 g/mol. The van der Waals surface area contributed by atoms with Crippen molar-refractivity contribution >= 4 is 47.3 Å². The maximum Gasteiger partial charge on any atom is 0.280 e. The summed E-state index contributed by atoms with van der Waals surface area (Å²) in [5, 5.41) is 10.3. The van der Waals surface area contributed by atoms with E-state index in [-0.39, 0.29) is 47.9 Å². The number of carbonyl (C=O) groups excluding carboxylic acids is 3. The third-order valence-corrected chi connectivity index (χ3v) is 8.08. The quantitative estimate of drug-likeness (QED) is 0.258. The van der Waals surface area contributed by atoms with Crippen LogP contribution in [0.15, 0.2) is 29.4 Å². The van der Waals surface area contributed by atoms with Crippen molar-refractivity contribution in [2.75, 3.05) is 34.8 Å². The lowest BCUT2D eigenvalue weighted by Crippen LogP contribution is -2.55. The molecule has 1 aliphatic heterocycles. The van der Waals surface area contributed by atoms with Gasteiger partial charge in [-0.25, -0.2) is 4.98 Å². The number of carbonyl (C=O) groups is 3. The minimum atomic E-state index is -0.430. The SMILES string of the molecule is CO/N=C(/N)c1cccc(C(=O)N[C@H]2CC[C@H](C(=O)N(C)C)C[C@H]2NC(=O)c2nc3c(s2)CN(C)CC3)c1.Cl. The van der Waals surface area contributed by atoms with E-state index in [1.807, 2.05) is 7.05 Å². The number of benzene rings is 1. The van der Waals surface area contributed by atoms with Gasteiger partial charge in [0, 0.05) is 61.6 Å². The molecule has 1 aromatic carbocycles. The molecule has 1 aromatic heterocycles. The number of halogens is 1. The zero-order valence-electron chi connectivity index (χ0n) is 22.6. The minimum absolute atomic E-state index is 0. The Balaban J connectivity index is 0.00000420. The summed E-state index contributed by atoms with van der Waals surface area (Å²) in [4.78, 5) is 53.4. The van der Waals surface area contributed by atoms with Crippen molar-refractivity contribution < 1.29 is 19.2 Å². The highest BCUT2D eigenvalue weighted by molar-refractivity contribution is 7.13. The minimum Gasteiger partial charge on any atom is -0.397 e. The van der Waals surface area contributed by atoms with Gasteiger partial charge in [-0.15, -0.1) is 23.7 Å². The van der Waals surface area contributed by atoms with Crippen molar-refractivity contribution in [1.29, 1.82) is 0 Å². The second-order valence-corrected chi connectivity index (χ2v) is 11.1. The number of hydrogen-bond donors (Lipinski definition) is 3. The molecular formula is C26H36ClN7O4S. The second kappa shape index (κ2) is 13.2. The summed E-state index contributed by atoms with van der Waals surface area (Å²) in [6, 6.07) is 5.99. The highest BCUT2D eigenvalue weighted by atomic mass is 35.5. The van der Waals surface area contributed by atoms with Crippen LogP contribution in [0.3, 0.4) is 0 Å². The van der Waals surface area contributed by atoms with Gasteiger partial charge in [-0.2, -0.15) is 0 Å². The van der Waals surface area contributed by atoms with Crippen LogP contribution >= 0.6 is 23.7 Å². The molecule has 11 nitrogen and oxygen atoms in total. The first-order valence-electron chi connectivity index (χ1n) is 12.6. The van der Waals surface area contributed by atoms with Crippen molar-refractivity contribution in [3.8, 4) is 0 Å². The topological polar surface area (TPSA) is 142 Å². The zero-order chi connectivity index (χ0) is 27.4. The molecule has 212 valence electrons. The molecule has 0 radical (unpaired) electrons. The van der Waals surface area contributed by atoms with E-state index in [0.29, 0.717) is 35.4 Å². The molecule has 2 aromatic rings. The fourth-order valence-electron chi connectivity index (χ4n) is 4.97. The standard InChI is InChI=1S/C26H35N7O4S.ClH/c1-32(2)26(36)17-8-9-18(28-23(34)16-7-5-6-15(12-16)22(27)31-37-4)20(13-17)29-24(35)25-30-19-10-11-33(3)14-21(19)38-25;/h5-7,12,17-18,20H,8-11,13-14H2,1-4H3,(H2,27,31)(H,28,34)(H,29,35);1H/t17-,18-,20+;/m0./s1. The molecule has 3 amide bonds. The number of rotatable bonds is 7. The molecule has 0 spiro atoms. The number of amides is 3. The normalized spacial score (nSPS) is 21.2. The van der Waals surface area contributed by atoms with Gasteiger partial charge in [-0.05, 0) is 38.4 Å². The number of hydrogen-bond acceptors (Lipinski definition) is 8. The predicted octanol–water partition coefficient (Wildman–Crippen LogP) is 1.60. The van der Waals surface area contributed by atoms with Gasteiger partial charge in [0.25, 0.3) is 11.8 Å². The molecule has 4 rings (SSSR count).